The second-order valence-electron chi connectivity index (χ2n) is 8.91. The number of nitriles is 2. The molecule has 0 saturated heterocycles. The molecule has 0 aliphatic heterocycles. The summed E-state index contributed by atoms with van der Waals surface area (Å²) in [6.07, 6.45) is 0. The fourth-order valence-electron chi connectivity index (χ4n) is 3.42. The molecule has 0 radical (unpaired) electrons. The van der Waals surface area contributed by atoms with Crippen LogP contribution in [-0.2, 0) is 15.9 Å². The van der Waals surface area contributed by atoms with Crippen LogP contribution in [0.5, 0.6) is 11.5 Å². The molecule has 274 valence electrons. The molecule has 15 heteroatoms. The second-order valence-corrected chi connectivity index (χ2v) is 11.3. The summed E-state index contributed by atoms with van der Waals surface area (Å²) >= 11 is -0.106. The molecule has 6 nitrogen and oxygen atoms in total. The van der Waals surface area contributed by atoms with E-state index in [-0.39, 0.29) is 57.4 Å². The summed E-state index contributed by atoms with van der Waals surface area (Å²) in [6, 6.07) is 20.7. The Morgan fingerprint density at radius 3 is 1.43 bits per heavy atom. The maximum absolute atomic E-state index is 13.2. The van der Waals surface area contributed by atoms with E-state index >= 15 is 0 Å². The van der Waals surface area contributed by atoms with E-state index in [0.29, 0.717) is 16.7 Å². The van der Waals surface area contributed by atoms with Crippen molar-refractivity contribution in [1.82, 2.24) is 0 Å². The van der Waals surface area contributed by atoms with E-state index in [4.69, 9.17) is 29.6 Å². The number of carbonyl (C=O) groups is 2. The molecule has 0 bridgehead atoms. The molecule has 51 heavy (non-hydrogen) atoms. The number of ketones is 2. The van der Waals surface area contributed by atoms with Crippen LogP contribution >= 0.6 is 19.1 Å². The van der Waals surface area contributed by atoms with Gasteiger partial charge in [0.15, 0.2) is 0 Å². The zero-order valence-corrected chi connectivity index (χ0v) is 30.2. The molecule has 4 rings (SSSR count). The molecule has 0 heterocycles. The Hall–Kier alpha value is -4.82. The summed E-state index contributed by atoms with van der Waals surface area (Å²) in [4.78, 5) is 24.1. The van der Waals surface area contributed by atoms with Gasteiger partial charge in [-0.3, -0.25) is 9.59 Å². The number of ether oxygens (including phenoxy) is 2. The van der Waals surface area contributed by atoms with Crippen molar-refractivity contribution in [3.63, 3.8) is 0 Å². The maximum atomic E-state index is 13.2. The van der Waals surface area contributed by atoms with Gasteiger partial charge in [-0.15, -0.1) is 0 Å². The first-order valence-electron chi connectivity index (χ1n) is 13.4. The number of alkyl halides is 4. The second kappa shape index (κ2) is 27.0. The zero-order valence-electron chi connectivity index (χ0n) is 27.2. The third-order valence-electron chi connectivity index (χ3n) is 5.56. The Kier molecular flexibility index (Phi) is 25.5. The van der Waals surface area contributed by atoms with Crippen molar-refractivity contribution in [2.24, 2.45) is 0 Å². The van der Waals surface area contributed by atoms with Crippen LogP contribution in [0.15, 0.2) is 84.9 Å². The van der Waals surface area contributed by atoms with Crippen LogP contribution in [-0.4, -0.2) is 24.8 Å². The third-order valence-corrected chi connectivity index (χ3v) is 5.56. The summed E-state index contributed by atoms with van der Waals surface area (Å²) < 4.78 is 82.7. The van der Waals surface area contributed by atoms with Crippen LogP contribution in [0.3, 0.4) is 0 Å². The van der Waals surface area contributed by atoms with Gasteiger partial charge in [0.2, 0.25) is 11.6 Å². The van der Waals surface area contributed by atoms with Crippen LogP contribution in [0.4, 0.5) is 26.3 Å². The summed E-state index contributed by atoms with van der Waals surface area (Å²) in [6.45, 7) is 2.27. The van der Waals surface area contributed by atoms with Crippen molar-refractivity contribution in [1.29, 1.82) is 10.5 Å². The molecule has 0 aromatic heterocycles. The number of hydrogen-bond acceptors (Lipinski definition) is 6. The minimum absolute atomic E-state index is 0. The predicted molar refractivity (Wildman–Crippen MR) is 179 cm³/mol. The van der Waals surface area contributed by atoms with Gasteiger partial charge in [-0.05, 0) is 110 Å². The van der Waals surface area contributed by atoms with Crippen molar-refractivity contribution in [2.75, 3.05) is 0 Å². The monoisotopic (exact) mass is 843 g/mol. The number of Topliss-reactive ketones (excluding diaryl/α,β-unsaturated/α-hetero) is 2. The normalized spacial score (nSPS) is 9.14. The van der Waals surface area contributed by atoms with E-state index in [1.165, 1.54) is 68.4 Å². The molecule has 4 aromatic rings. The number of hydrogen-bond donors (Lipinski definition) is 0. The Labute approximate surface area is 308 Å². The summed E-state index contributed by atoms with van der Waals surface area (Å²) in [5.41, 5.74) is 2.23. The van der Waals surface area contributed by atoms with Crippen LogP contribution in [0.2, 0.25) is 0 Å². The molecule has 0 unspecified atom stereocenters. The Morgan fingerprint density at radius 2 is 1.02 bits per heavy atom. The van der Waals surface area contributed by atoms with Crippen molar-refractivity contribution in [3.05, 3.63) is 137 Å². The van der Waals surface area contributed by atoms with Crippen LogP contribution < -0.4 is 9.47 Å². The van der Waals surface area contributed by atoms with Gasteiger partial charge in [-0.25, -0.2) is 14.0 Å². The minimum atomic E-state index is -2.97. The van der Waals surface area contributed by atoms with Gasteiger partial charge in [0.1, 0.15) is 23.1 Å². The number of halogens is 8. The number of benzene rings is 4. The van der Waals surface area contributed by atoms with Gasteiger partial charge in [-0.2, -0.15) is 22.8 Å². The number of nitrogens with zero attached hydrogens (tertiary/aromatic N) is 2. The van der Waals surface area contributed by atoms with Gasteiger partial charge in [-0.1, -0.05) is 11.8 Å². The van der Waals surface area contributed by atoms with E-state index in [1.807, 2.05) is 0 Å². The summed E-state index contributed by atoms with van der Waals surface area (Å²) in [5.74, 6) is 3.37. The summed E-state index contributed by atoms with van der Waals surface area (Å²) in [5, 5.41) is 13.8. The Morgan fingerprint density at radius 1 is 0.686 bits per heavy atom. The van der Waals surface area contributed by atoms with Crippen LogP contribution in [0.1, 0.15) is 49.9 Å². The molecule has 0 fully saturated rings. The topological polar surface area (TPSA) is 100 Å². The number of aryl methyl sites for hydroxylation is 2. The van der Waals surface area contributed by atoms with Gasteiger partial charge in [0, 0.05) is 35.7 Å². The van der Waals surface area contributed by atoms with E-state index in [9.17, 15) is 35.9 Å². The van der Waals surface area contributed by atoms with E-state index < -0.39 is 30.6 Å². The Balaban J connectivity index is 0. The van der Waals surface area contributed by atoms with Gasteiger partial charge < -0.3 is 16.9 Å². The van der Waals surface area contributed by atoms with Crippen molar-refractivity contribution >= 4 is 30.6 Å². The quantitative estimate of drug-likeness (QED) is 0.0459. The first-order chi connectivity index (χ1) is 23.8. The van der Waals surface area contributed by atoms with Gasteiger partial charge in [0.05, 0.1) is 6.07 Å². The number of carbonyl (C=O) groups excluding carboxylic acids is 2. The van der Waals surface area contributed by atoms with Crippen molar-refractivity contribution in [3.8, 4) is 36.0 Å². The average Bonchev–Trinajstić information content (AvgIpc) is 3.08. The molecular weight excluding hydrogens is 816 g/mol. The van der Waals surface area contributed by atoms with E-state index in [0.717, 1.165) is 6.07 Å². The van der Waals surface area contributed by atoms with Crippen molar-refractivity contribution in [2.45, 2.75) is 34.0 Å². The molecular formula is C36H29Cl2F6N2O4Pd-. The van der Waals surface area contributed by atoms with Gasteiger partial charge >= 0.3 is 48.2 Å². The van der Waals surface area contributed by atoms with E-state index in [2.05, 4.69) is 27.9 Å². The average molecular weight is 845 g/mol. The fraction of sp³-hybridized carbons (Fsp3) is 0.139. The SMILES string of the molecule is C#N.CC#N.Cc1cc(C#Cc2ccc(OC(F)F)cc2)ccc1F.Cc1cc(C(=O)C(=O)c2ccc(OC(F)F)cc2)ccc1F.[CH3-].[Cl][Pd][Cl]. The van der Waals surface area contributed by atoms with E-state index in [1.54, 1.807) is 37.3 Å². The number of rotatable bonds is 7. The molecule has 0 aliphatic carbocycles. The van der Waals surface area contributed by atoms with Crippen molar-refractivity contribution < 1.29 is 61.3 Å². The van der Waals surface area contributed by atoms with Crippen LogP contribution in [0.25, 0.3) is 0 Å². The molecule has 0 amide bonds. The molecule has 0 saturated carbocycles. The first-order valence-corrected chi connectivity index (χ1v) is 17.4. The molecule has 0 N–H and O–H groups in total. The Bertz CT molecular complexity index is 1790. The molecule has 0 aliphatic rings. The zero-order chi connectivity index (χ0) is 38.2. The van der Waals surface area contributed by atoms with Crippen LogP contribution in [0, 0.1) is 67.9 Å². The first kappa shape index (κ1) is 48.3. The molecule has 0 atom stereocenters. The van der Waals surface area contributed by atoms with Gasteiger partial charge in [0.25, 0.3) is 0 Å². The third kappa shape index (κ3) is 19.2. The fourth-order valence-corrected chi connectivity index (χ4v) is 3.42. The predicted octanol–water partition coefficient (Wildman–Crippen LogP) is 10.4. The summed E-state index contributed by atoms with van der Waals surface area (Å²) in [7, 11) is 9.63. The standard InChI is InChI=1S/C16H11F3O3.C16H11F3O.C2H3N.CHN.CH3.2ClH.Pd/c1-9-8-11(4-7-13(9)17)15(21)14(20)10-2-5-12(6-3-10)22-16(18)19;1-11-10-13(6-9-15(11)17)3-2-12-4-7-14(8-5-12)20-16(18)19;1-2-3;1-2;;;;/h2-8,16H,1H3;4-10,16H,1H3;1H3;1H;1H3;2*1H;/q;;;;-1;;;+2/p-2. The molecule has 4 aromatic carbocycles. The molecule has 0 spiro atoms.